The molecule has 1 heterocycles. The quantitative estimate of drug-likeness (QED) is 0.323. The average molecular weight is 544 g/mol. The van der Waals surface area contributed by atoms with E-state index in [0.29, 0.717) is 12.2 Å². The second-order valence-corrected chi connectivity index (χ2v) is 12.2. The number of alkyl halides is 1. The summed E-state index contributed by atoms with van der Waals surface area (Å²) >= 11 is 0. The van der Waals surface area contributed by atoms with Gasteiger partial charge in [-0.3, -0.25) is 9.29 Å². The maximum absolute atomic E-state index is 12.6. The van der Waals surface area contributed by atoms with E-state index in [-0.39, 0.29) is 25.6 Å². The Morgan fingerprint density at radius 3 is 2.42 bits per heavy atom. The summed E-state index contributed by atoms with van der Waals surface area (Å²) in [5.74, 6) is 1.20. The number of fused-ring (bicyclic) bond motifs is 1. The molecule has 1 N–H and O–H groups in total. The Balaban J connectivity index is 0.00000370. The molecule has 2 aliphatic rings. The number of phenolic OH excluding ortho intramolecular Hbond substituents is 1. The van der Waals surface area contributed by atoms with Crippen molar-refractivity contribution in [2.24, 2.45) is 0 Å². The molecule has 1 aliphatic heterocycles. The topological polar surface area (TPSA) is 32.7 Å². The van der Waals surface area contributed by atoms with Crippen molar-refractivity contribution in [1.29, 1.82) is 0 Å². The first-order chi connectivity index (χ1) is 18.7. The number of hydrogen-bond acceptors (Lipinski definition) is 3. The molecular formula is C36H46FNO2. The Morgan fingerprint density at radius 2 is 1.73 bits per heavy atom. The number of aromatic hydroxyl groups is 1. The molecule has 0 saturated carbocycles. The van der Waals surface area contributed by atoms with E-state index in [1.807, 2.05) is 12.1 Å². The van der Waals surface area contributed by atoms with E-state index >= 15 is 0 Å². The summed E-state index contributed by atoms with van der Waals surface area (Å²) < 4.78 is 18.9. The summed E-state index contributed by atoms with van der Waals surface area (Å²) in [6.07, 6.45) is 4.68. The second kappa shape index (κ2) is 12.6. The molecule has 0 spiro atoms. The van der Waals surface area contributed by atoms with E-state index in [0.717, 1.165) is 51.1 Å². The number of aryl methyl sites for hydroxylation is 2. The zero-order valence-electron chi connectivity index (χ0n) is 23.9. The van der Waals surface area contributed by atoms with Crippen LogP contribution in [0.4, 0.5) is 4.39 Å². The smallest absolute Gasteiger partial charge is 0.119 e. The summed E-state index contributed by atoms with van der Waals surface area (Å²) in [4.78, 5) is 2.29. The van der Waals surface area contributed by atoms with Crippen LogP contribution in [0.15, 0.2) is 60.7 Å². The van der Waals surface area contributed by atoms with Gasteiger partial charge in [0.05, 0.1) is 6.67 Å². The lowest BCUT2D eigenvalue weighted by Gasteiger charge is -2.23. The molecule has 40 heavy (non-hydrogen) atoms. The number of nitrogens with zero attached hydrogens (tertiary/aromatic N) is 1. The summed E-state index contributed by atoms with van der Waals surface area (Å²) in [7, 11) is 0. The highest BCUT2D eigenvalue weighted by Gasteiger charge is 2.25. The number of hydrogen-bond donors (Lipinski definition) is 1. The molecule has 3 aromatic carbocycles. The predicted molar refractivity (Wildman–Crippen MR) is 166 cm³/mol. The highest BCUT2D eigenvalue weighted by molar-refractivity contribution is 6.00. The van der Waals surface area contributed by atoms with Crippen molar-refractivity contribution < 1.29 is 14.2 Å². The van der Waals surface area contributed by atoms with Crippen LogP contribution in [0.3, 0.4) is 0 Å². The molecule has 1 aliphatic carbocycles. The van der Waals surface area contributed by atoms with Crippen LogP contribution in [0.2, 0.25) is 0 Å². The molecule has 214 valence electrons. The lowest BCUT2D eigenvalue weighted by molar-refractivity contribution is 0.198. The summed E-state index contributed by atoms with van der Waals surface area (Å²) in [5.41, 5.74) is 10.2. The van der Waals surface area contributed by atoms with E-state index in [1.54, 1.807) is 0 Å². The highest BCUT2D eigenvalue weighted by Crippen LogP contribution is 2.42. The molecule has 0 radical (unpaired) electrons. The molecule has 3 aromatic rings. The Bertz CT molecular complexity index is 1340. The normalized spacial score (nSPS) is 17.8. The maximum Gasteiger partial charge on any atom is 0.119 e. The van der Waals surface area contributed by atoms with Gasteiger partial charge in [0.25, 0.3) is 0 Å². The minimum atomic E-state index is -0.260. The van der Waals surface area contributed by atoms with Gasteiger partial charge >= 0.3 is 0 Å². The fourth-order valence-corrected chi connectivity index (χ4v) is 6.11. The van der Waals surface area contributed by atoms with Gasteiger partial charge < -0.3 is 9.84 Å². The van der Waals surface area contributed by atoms with Gasteiger partial charge in [0.2, 0.25) is 0 Å². The number of halogens is 1. The van der Waals surface area contributed by atoms with Crippen molar-refractivity contribution in [1.82, 2.24) is 4.90 Å². The highest BCUT2D eigenvalue weighted by atomic mass is 19.1. The molecule has 0 amide bonds. The number of rotatable bonds is 7. The van der Waals surface area contributed by atoms with E-state index in [1.165, 1.54) is 44.5 Å². The first-order valence-electron chi connectivity index (χ1n) is 14.5. The fraction of sp³-hybridized carbons (Fsp3) is 0.444. The van der Waals surface area contributed by atoms with Crippen molar-refractivity contribution in [2.45, 2.75) is 78.7 Å². The standard InChI is InChI=1S/C35H42FNO2.CH4/c1-24-21-27(35(2,3)4)11-15-31(24)33-8-5-7-26-22-28(38)12-16-32(26)34(33)25-9-13-29(14-10-25)39-30-17-20-37(23-30)19-6-18-36;/h9-16,21-22,30,38H,5-8,17-20,23H2,1-4H3;1H4/t30-;/m0./s1. The second-order valence-electron chi connectivity index (χ2n) is 12.2. The van der Waals surface area contributed by atoms with Crippen molar-refractivity contribution in [2.75, 3.05) is 26.3 Å². The number of phenols is 1. The maximum atomic E-state index is 12.6. The molecule has 0 aromatic heterocycles. The molecule has 5 rings (SSSR count). The van der Waals surface area contributed by atoms with E-state index in [2.05, 4.69) is 81.1 Å². The minimum Gasteiger partial charge on any atom is -0.508 e. The van der Waals surface area contributed by atoms with Gasteiger partial charge in [-0.25, -0.2) is 0 Å². The van der Waals surface area contributed by atoms with Gasteiger partial charge in [-0.05, 0) is 113 Å². The largest absolute Gasteiger partial charge is 0.508 e. The third-order valence-corrected chi connectivity index (χ3v) is 8.23. The van der Waals surface area contributed by atoms with Crippen molar-refractivity contribution >= 4 is 11.1 Å². The van der Waals surface area contributed by atoms with Gasteiger partial charge in [0.15, 0.2) is 0 Å². The van der Waals surface area contributed by atoms with Crippen molar-refractivity contribution in [3.63, 3.8) is 0 Å². The van der Waals surface area contributed by atoms with Gasteiger partial charge in [0, 0.05) is 19.6 Å². The first kappa shape index (κ1) is 29.9. The van der Waals surface area contributed by atoms with E-state index in [9.17, 15) is 9.50 Å². The molecule has 3 nitrogen and oxygen atoms in total. The molecule has 0 unspecified atom stereocenters. The molecule has 1 atom stereocenters. The zero-order chi connectivity index (χ0) is 27.6. The van der Waals surface area contributed by atoms with Crippen LogP contribution < -0.4 is 4.74 Å². The number of ether oxygens (including phenoxy) is 1. The molecular weight excluding hydrogens is 497 g/mol. The Labute approximate surface area is 240 Å². The molecule has 1 fully saturated rings. The molecule has 1 saturated heterocycles. The zero-order valence-corrected chi connectivity index (χ0v) is 23.9. The lowest BCUT2D eigenvalue weighted by Crippen LogP contribution is -2.26. The van der Waals surface area contributed by atoms with Crippen LogP contribution in [-0.2, 0) is 11.8 Å². The van der Waals surface area contributed by atoms with Gasteiger partial charge in [-0.2, -0.15) is 0 Å². The summed E-state index contributed by atoms with van der Waals surface area (Å²) in [5, 5.41) is 10.3. The monoisotopic (exact) mass is 543 g/mol. The van der Waals surface area contributed by atoms with Crippen LogP contribution in [0.5, 0.6) is 11.5 Å². The Kier molecular flexibility index (Phi) is 9.41. The van der Waals surface area contributed by atoms with E-state index < -0.39 is 0 Å². The number of allylic oxidation sites excluding steroid dienone is 1. The van der Waals surface area contributed by atoms with Crippen LogP contribution in [0, 0.1) is 6.92 Å². The van der Waals surface area contributed by atoms with Crippen LogP contribution in [0.25, 0.3) is 11.1 Å². The van der Waals surface area contributed by atoms with Crippen molar-refractivity contribution in [3.05, 3.63) is 94.0 Å². The molecule has 4 heteroatoms. The average Bonchev–Trinajstić information content (AvgIpc) is 3.26. The minimum absolute atomic E-state index is 0. The lowest BCUT2D eigenvalue weighted by atomic mass is 9.82. The van der Waals surface area contributed by atoms with Crippen LogP contribution in [-0.4, -0.2) is 42.4 Å². The van der Waals surface area contributed by atoms with Gasteiger partial charge in [0.1, 0.15) is 17.6 Å². The number of benzene rings is 3. The predicted octanol–water partition coefficient (Wildman–Crippen LogP) is 8.74. The Morgan fingerprint density at radius 1 is 0.975 bits per heavy atom. The third-order valence-electron chi connectivity index (χ3n) is 8.23. The fourth-order valence-electron chi connectivity index (χ4n) is 6.11. The van der Waals surface area contributed by atoms with Crippen LogP contribution >= 0.6 is 0 Å². The van der Waals surface area contributed by atoms with Crippen molar-refractivity contribution in [3.8, 4) is 11.5 Å². The first-order valence-corrected chi connectivity index (χ1v) is 14.5. The summed E-state index contributed by atoms with van der Waals surface area (Å²) in [6, 6.07) is 21.3. The number of likely N-dealkylation sites (tertiary alicyclic amines) is 1. The van der Waals surface area contributed by atoms with Gasteiger partial charge in [-0.15, -0.1) is 0 Å². The van der Waals surface area contributed by atoms with E-state index in [4.69, 9.17) is 4.74 Å². The van der Waals surface area contributed by atoms with Gasteiger partial charge in [-0.1, -0.05) is 64.6 Å². The summed E-state index contributed by atoms with van der Waals surface area (Å²) in [6.45, 7) is 11.4. The Hall–Kier alpha value is -3.11. The SMILES string of the molecule is C.Cc1cc(C(C)(C)C)ccc1C1=C(c2ccc(O[C@H]3CCN(CCCF)C3)cc2)c2ccc(O)cc2CCC1. The van der Waals surface area contributed by atoms with Crippen LogP contribution in [0.1, 0.15) is 87.3 Å². The molecule has 0 bridgehead atoms. The third kappa shape index (κ3) is 6.61.